The molecule has 0 amide bonds. The standard InChI is InChI=1S/C14H27F3N2O2/c1-11-7-18(5-6-19(11)10-14(15,16)17)8-12(20)9-21-13(2,3)4/h11-12,20H,5-10H2,1-4H3. The third kappa shape index (κ3) is 7.99. The fourth-order valence-corrected chi connectivity index (χ4v) is 2.40. The second-order valence-corrected chi connectivity index (χ2v) is 6.77. The summed E-state index contributed by atoms with van der Waals surface area (Å²) in [5.74, 6) is 0. The smallest absolute Gasteiger partial charge is 0.389 e. The van der Waals surface area contributed by atoms with Crippen molar-refractivity contribution in [2.75, 3.05) is 39.3 Å². The van der Waals surface area contributed by atoms with Crippen molar-refractivity contribution < 1.29 is 23.0 Å². The van der Waals surface area contributed by atoms with Gasteiger partial charge < -0.3 is 9.84 Å². The normalized spacial score (nSPS) is 24.3. The van der Waals surface area contributed by atoms with Crippen molar-refractivity contribution in [2.24, 2.45) is 0 Å². The summed E-state index contributed by atoms with van der Waals surface area (Å²) in [6.07, 6.45) is -4.78. The van der Waals surface area contributed by atoms with Crippen LogP contribution in [0.5, 0.6) is 0 Å². The number of piperazine rings is 1. The van der Waals surface area contributed by atoms with Gasteiger partial charge in [-0.1, -0.05) is 0 Å². The first-order valence-electron chi connectivity index (χ1n) is 7.31. The molecule has 1 aliphatic heterocycles. The highest BCUT2D eigenvalue weighted by Crippen LogP contribution is 2.20. The average Bonchev–Trinajstić information content (AvgIpc) is 2.28. The molecule has 126 valence electrons. The van der Waals surface area contributed by atoms with Gasteiger partial charge >= 0.3 is 6.18 Å². The van der Waals surface area contributed by atoms with E-state index < -0.39 is 18.8 Å². The summed E-state index contributed by atoms with van der Waals surface area (Å²) in [5, 5.41) is 9.94. The molecule has 0 aromatic heterocycles. The Morgan fingerprint density at radius 1 is 1.24 bits per heavy atom. The molecule has 0 aromatic carbocycles. The number of rotatable bonds is 5. The maximum Gasteiger partial charge on any atom is 0.401 e. The van der Waals surface area contributed by atoms with E-state index >= 15 is 0 Å². The van der Waals surface area contributed by atoms with E-state index in [1.165, 1.54) is 4.90 Å². The van der Waals surface area contributed by atoms with E-state index in [1.54, 1.807) is 6.92 Å². The molecule has 0 bridgehead atoms. The maximum atomic E-state index is 12.4. The lowest BCUT2D eigenvalue weighted by Crippen LogP contribution is -2.55. The van der Waals surface area contributed by atoms with Crippen molar-refractivity contribution >= 4 is 0 Å². The van der Waals surface area contributed by atoms with Crippen LogP contribution in [0.3, 0.4) is 0 Å². The first-order valence-corrected chi connectivity index (χ1v) is 7.31. The fourth-order valence-electron chi connectivity index (χ4n) is 2.40. The molecule has 1 aliphatic rings. The van der Waals surface area contributed by atoms with Crippen LogP contribution in [0, 0.1) is 0 Å². The van der Waals surface area contributed by atoms with Crippen LogP contribution < -0.4 is 0 Å². The first-order chi connectivity index (χ1) is 9.46. The zero-order valence-electron chi connectivity index (χ0n) is 13.3. The number of nitrogens with zero attached hydrogens (tertiary/aromatic N) is 2. The van der Waals surface area contributed by atoms with Gasteiger partial charge in [0.15, 0.2) is 0 Å². The molecule has 0 radical (unpaired) electrons. The average molecular weight is 312 g/mol. The number of aliphatic hydroxyl groups excluding tert-OH is 1. The summed E-state index contributed by atoms with van der Waals surface area (Å²) >= 11 is 0. The van der Waals surface area contributed by atoms with Crippen LogP contribution in [0.4, 0.5) is 13.2 Å². The number of alkyl halides is 3. The molecule has 0 saturated carbocycles. The van der Waals surface area contributed by atoms with Gasteiger partial charge in [0, 0.05) is 32.2 Å². The van der Waals surface area contributed by atoms with Gasteiger partial charge in [0.1, 0.15) is 0 Å². The molecule has 4 nitrogen and oxygen atoms in total. The molecule has 7 heteroatoms. The predicted octanol–water partition coefficient (Wildman–Crippen LogP) is 1.73. The van der Waals surface area contributed by atoms with Crippen LogP contribution >= 0.6 is 0 Å². The summed E-state index contributed by atoms with van der Waals surface area (Å²) in [4.78, 5) is 3.43. The van der Waals surface area contributed by atoms with Gasteiger partial charge in [-0.15, -0.1) is 0 Å². The van der Waals surface area contributed by atoms with E-state index in [2.05, 4.69) is 0 Å². The van der Waals surface area contributed by atoms with Crippen molar-refractivity contribution in [1.29, 1.82) is 0 Å². The highest BCUT2D eigenvalue weighted by atomic mass is 19.4. The molecule has 1 fully saturated rings. The minimum Gasteiger partial charge on any atom is -0.389 e. The van der Waals surface area contributed by atoms with Crippen molar-refractivity contribution in [3.63, 3.8) is 0 Å². The molecule has 0 aliphatic carbocycles. The van der Waals surface area contributed by atoms with Crippen LogP contribution in [0.15, 0.2) is 0 Å². The van der Waals surface area contributed by atoms with Crippen LogP contribution in [0.25, 0.3) is 0 Å². The number of hydrogen-bond donors (Lipinski definition) is 1. The van der Waals surface area contributed by atoms with Crippen molar-refractivity contribution in [1.82, 2.24) is 9.80 Å². The summed E-state index contributed by atoms with van der Waals surface area (Å²) in [6.45, 7) is 8.77. The lowest BCUT2D eigenvalue weighted by molar-refractivity contribution is -0.155. The minimum atomic E-state index is -4.16. The topological polar surface area (TPSA) is 35.9 Å². The lowest BCUT2D eigenvalue weighted by atomic mass is 10.1. The van der Waals surface area contributed by atoms with E-state index in [-0.39, 0.29) is 18.2 Å². The van der Waals surface area contributed by atoms with E-state index in [0.29, 0.717) is 26.2 Å². The van der Waals surface area contributed by atoms with Gasteiger partial charge in [-0.05, 0) is 27.7 Å². The minimum absolute atomic E-state index is 0.170. The number of β-amino-alcohol motifs (C(OH)–C–C–N with tert-alkyl or cyclic N) is 1. The Kier molecular flexibility index (Phi) is 6.46. The van der Waals surface area contributed by atoms with Crippen molar-refractivity contribution in [3.8, 4) is 0 Å². The molecule has 0 aromatic rings. The third-order valence-electron chi connectivity index (χ3n) is 3.41. The Morgan fingerprint density at radius 3 is 2.33 bits per heavy atom. The molecule has 0 spiro atoms. The van der Waals surface area contributed by atoms with Crippen molar-refractivity contribution in [2.45, 2.75) is 51.6 Å². The van der Waals surface area contributed by atoms with E-state index in [4.69, 9.17) is 4.74 Å². The van der Waals surface area contributed by atoms with Crippen molar-refractivity contribution in [3.05, 3.63) is 0 Å². The van der Waals surface area contributed by atoms with E-state index in [0.717, 1.165) is 0 Å². The van der Waals surface area contributed by atoms with Gasteiger partial charge in [0.25, 0.3) is 0 Å². The Labute approximate surface area is 124 Å². The van der Waals surface area contributed by atoms with Gasteiger partial charge in [-0.25, -0.2) is 0 Å². The molecule has 21 heavy (non-hydrogen) atoms. The zero-order chi connectivity index (χ0) is 16.3. The molecule has 1 rings (SSSR count). The predicted molar refractivity (Wildman–Crippen MR) is 75.2 cm³/mol. The summed E-state index contributed by atoms with van der Waals surface area (Å²) < 4.78 is 42.8. The molecular formula is C14H27F3N2O2. The SMILES string of the molecule is CC1CN(CC(O)COC(C)(C)C)CCN1CC(F)(F)F. The molecule has 1 N–H and O–H groups in total. The molecule has 2 atom stereocenters. The van der Waals surface area contributed by atoms with Crippen LogP contribution in [-0.2, 0) is 4.74 Å². The fraction of sp³-hybridized carbons (Fsp3) is 1.00. The quantitative estimate of drug-likeness (QED) is 0.839. The zero-order valence-corrected chi connectivity index (χ0v) is 13.3. The van der Waals surface area contributed by atoms with Gasteiger partial charge in [0.05, 0.1) is 24.9 Å². The molecule has 2 unspecified atom stereocenters. The van der Waals surface area contributed by atoms with Crippen LogP contribution in [0.2, 0.25) is 0 Å². The number of halogens is 3. The summed E-state index contributed by atoms with van der Waals surface area (Å²) in [6, 6.07) is -0.170. The lowest BCUT2D eigenvalue weighted by Gasteiger charge is -2.40. The molecular weight excluding hydrogens is 285 g/mol. The second-order valence-electron chi connectivity index (χ2n) is 6.77. The summed E-state index contributed by atoms with van der Waals surface area (Å²) in [5.41, 5.74) is -0.306. The Bertz CT molecular complexity index is 316. The Hall–Kier alpha value is -0.370. The monoisotopic (exact) mass is 312 g/mol. The molecule has 1 heterocycles. The van der Waals surface area contributed by atoms with Gasteiger partial charge in [0.2, 0.25) is 0 Å². The Morgan fingerprint density at radius 2 is 1.86 bits per heavy atom. The highest BCUT2D eigenvalue weighted by Gasteiger charge is 2.35. The Balaban J connectivity index is 2.34. The largest absolute Gasteiger partial charge is 0.401 e. The number of hydrogen-bond acceptors (Lipinski definition) is 4. The molecule has 1 saturated heterocycles. The van der Waals surface area contributed by atoms with Crippen LogP contribution in [0.1, 0.15) is 27.7 Å². The third-order valence-corrected chi connectivity index (χ3v) is 3.41. The number of aliphatic hydroxyl groups is 1. The van der Waals surface area contributed by atoms with Gasteiger partial charge in [-0.2, -0.15) is 13.2 Å². The summed E-state index contributed by atoms with van der Waals surface area (Å²) in [7, 11) is 0. The first kappa shape index (κ1) is 18.7. The maximum absolute atomic E-state index is 12.4. The van der Waals surface area contributed by atoms with E-state index in [9.17, 15) is 18.3 Å². The van der Waals surface area contributed by atoms with Gasteiger partial charge in [-0.3, -0.25) is 9.80 Å². The van der Waals surface area contributed by atoms with Crippen LogP contribution in [-0.4, -0.2) is 78.2 Å². The van der Waals surface area contributed by atoms with E-state index in [1.807, 2.05) is 25.7 Å². The number of ether oxygens (including phenoxy) is 1. The highest BCUT2D eigenvalue weighted by molar-refractivity contribution is 4.82. The second kappa shape index (κ2) is 7.26.